The molecule has 0 spiro atoms. The van der Waals surface area contributed by atoms with Crippen LogP contribution < -0.4 is 15.6 Å². The molecule has 0 unspecified atom stereocenters. The highest BCUT2D eigenvalue weighted by Gasteiger charge is 2.24. The maximum absolute atomic E-state index is 13.6. The molecule has 164 valence electrons. The number of anilines is 2. The van der Waals surface area contributed by atoms with E-state index < -0.39 is 11.5 Å². The zero-order valence-electron chi connectivity index (χ0n) is 18.4. The van der Waals surface area contributed by atoms with Crippen molar-refractivity contribution in [3.63, 3.8) is 0 Å². The van der Waals surface area contributed by atoms with Gasteiger partial charge in [0.15, 0.2) is 5.65 Å². The summed E-state index contributed by atoms with van der Waals surface area (Å²) in [7, 11) is 4.70. The minimum atomic E-state index is -0.553. The van der Waals surface area contributed by atoms with Gasteiger partial charge in [-0.25, -0.2) is 4.98 Å². The minimum absolute atomic E-state index is 0.104. The number of carbonyl (C=O) groups is 1. The Kier molecular flexibility index (Phi) is 5.79. The van der Waals surface area contributed by atoms with Gasteiger partial charge in [-0.15, -0.1) is 6.42 Å². The molecular weight excluding hydrogens is 418 g/mol. The third-order valence-electron chi connectivity index (χ3n) is 5.05. The SMILES string of the molecule is C#Cc1c(C(=O)N(C)C)c(=O)n(-c2ccccc2)c2nc(Nc3ccccc3OC)ncc12. The lowest BCUT2D eigenvalue weighted by Gasteiger charge is -2.17. The highest BCUT2D eigenvalue weighted by atomic mass is 16.5. The fraction of sp³-hybridized carbons (Fsp3) is 0.120. The van der Waals surface area contributed by atoms with Crippen LogP contribution in [0.4, 0.5) is 11.6 Å². The third kappa shape index (κ3) is 3.88. The number of para-hydroxylation sites is 3. The Hall–Kier alpha value is -4.64. The van der Waals surface area contributed by atoms with Crippen molar-refractivity contribution in [1.82, 2.24) is 19.4 Å². The lowest BCUT2D eigenvalue weighted by molar-refractivity contribution is 0.0825. The van der Waals surface area contributed by atoms with Crippen molar-refractivity contribution in [2.24, 2.45) is 0 Å². The van der Waals surface area contributed by atoms with Crippen LogP contribution in [0, 0.1) is 12.3 Å². The molecule has 0 saturated heterocycles. The summed E-state index contributed by atoms with van der Waals surface area (Å²) >= 11 is 0. The standard InChI is InChI=1S/C25H21N5O3/c1-5-17-18-15-26-25(27-19-13-9-10-14-20(19)33-4)28-22(18)30(16-11-7-6-8-12-16)24(32)21(17)23(31)29(2)3/h1,6-15H,2-4H3,(H,26,27,28). The van der Waals surface area contributed by atoms with Gasteiger partial charge in [-0.3, -0.25) is 14.2 Å². The van der Waals surface area contributed by atoms with E-state index in [0.29, 0.717) is 22.5 Å². The molecule has 33 heavy (non-hydrogen) atoms. The molecule has 2 heterocycles. The fourth-order valence-corrected chi connectivity index (χ4v) is 3.49. The second kappa shape index (κ2) is 8.85. The van der Waals surface area contributed by atoms with Crippen molar-refractivity contribution in [2.75, 3.05) is 26.5 Å². The highest BCUT2D eigenvalue weighted by Crippen LogP contribution is 2.27. The lowest BCUT2D eigenvalue weighted by atomic mass is 10.0. The third-order valence-corrected chi connectivity index (χ3v) is 5.05. The number of carbonyl (C=O) groups excluding carboxylic acids is 1. The van der Waals surface area contributed by atoms with Crippen molar-refractivity contribution in [2.45, 2.75) is 0 Å². The van der Waals surface area contributed by atoms with Crippen LogP contribution in [0.5, 0.6) is 5.75 Å². The molecule has 2 aromatic carbocycles. The molecule has 8 heteroatoms. The number of nitrogens with one attached hydrogen (secondary N) is 1. The van der Waals surface area contributed by atoms with Gasteiger partial charge in [-0.05, 0) is 24.3 Å². The Labute approximate surface area is 190 Å². The van der Waals surface area contributed by atoms with Gasteiger partial charge in [0.25, 0.3) is 11.5 Å². The van der Waals surface area contributed by atoms with Gasteiger partial charge >= 0.3 is 0 Å². The quantitative estimate of drug-likeness (QED) is 0.481. The predicted molar refractivity (Wildman–Crippen MR) is 127 cm³/mol. The van der Waals surface area contributed by atoms with Crippen LogP contribution in [0.25, 0.3) is 16.7 Å². The summed E-state index contributed by atoms with van der Waals surface area (Å²) in [6.45, 7) is 0. The first-order valence-corrected chi connectivity index (χ1v) is 10.1. The zero-order valence-corrected chi connectivity index (χ0v) is 18.4. The number of aromatic nitrogens is 3. The number of amides is 1. The van der Waals surface area contributed by atoms with Crippen LogP contribution in [0.15, 0.2) is 65.6 Å². The number of benzene rings is 2. The van der Waals surface area contributed by atoms with Crippen molar-refractivity contribution < 1.29 is 9.53 Å². The Balaban J connectivity index is 2.03. The number of nitrogens with zero attached hydrogens (tertiary/aromatic N) is 4. The number of rotatable bonds is 5. The summed E-state index contributed by atoms with van der Waals surface area (Å²) in [5.74, 6) is 2.86. The largest absolute Gasteiger partial charge is 0.495 e. The summed E-state index contributed by atoms with van der Waals surface area (Å²) in [6.07, 6.45) is 7.27. The Morgan fingerprint density at radius 1 is 1.12 bits per heavy atom. The van der Waals surface area contributed by atoms with Gasteiger partial charge in [0.2, 0.25) is 5.95 Å². The van der Waals surface area contributed by atoms with E-state index in [1.165, 1.54) is 15.7 Å². The summed E-state index contributed by atoms with van der Waals surface area (Å²) in [4.78, 5) is 36.8. The number of ether oxygens (including phenoxy) is 1. The van der Waals surface area contributed by atoms with Crippen LogP contribution in [0.1, 0.15) is 15.9 Å². The van der Waals surface area contributed by atoms with Crippen molar-refractivity contribution in [3.05, 3.63) is 82.3 Å². The van der Waals surface area contributed by atoms with Gasteiger partial charge < -0.3 is 15.0 Å². The molecule has 0 bridgehead atoms. The maximum Gasteiger partial charge on any atom is 0.270 e. The number of pyridine rings is 1. The van der Waals surface area contributed by atoms with Crippen LogP contribution in [-0.2, 0) is 0 Å². The smallest absolute Gasteiger partial charge is 0.270 e. The Morgan fingerprint density at radius 2 is 1.82 bits per heavy atom. The first kappa shape index (κ1) is 21.6. The van der Waals surface area contributed by atoms with Crippen molar-refractivity contribution >= 4 is 28.6 Å². The van der Waals surface area contributed by atoms with Gasteiger partial charge in [0, 0.05) is 20.3 Å². The van der Waals surface area contributed by atoms with E-state index in [4.69, 9.17) is 11.2 Å². The molecule has 1 amide bonds. The molecule has 0 fully saturated rings. The van der Waals surface area contributed by atoms with Gasteiger partial charge in [0.1, 0.15) is 11.3 Å². The number of fused-ring (bicyclic) bond motifs is 1. The molecule has 0 aliphatic rings. The molecular formula is C25H21N5O3. The van der Waals surface area contributed by atoms with E-state index in [0.717, 1.165) is 0 Å². The molecule has 0 aliphatic carbocycles. The number of terminal acetylenes is 1. The molecule has 0 radical (unpaired) electrons. The summed E-state index contributed by atoms with van der Waals surface area (Å²) < 4.78 is 6.75. The second-order valence-electron chi connectivity index (χ2n) is 7.33. The van der Waals surface area contributed by atoms with E-state index in [2.05, 4.69) is 21.2 Å². The van der Waals surface area contributed by atoms with Gasteiger partial charge in [-0.2, -0.15) is 4.98 Å². The first-order chi connectivity index (χ1) is 16.0. The van der Waals surface area contributed by atoms with Crippen LogP contribution in [0.3, 0.4) is 0 Å². The second-order valence-corrected chi connectivity index (χ2v) is 7.33. The van der Waals surface area contributed by atoms with Crippen molar-refractivity contribution in [1.29, 1.82) is 0 Å². The molecule has 4 aromatic rings. The minimum Gasteiger partial charge on any atom is -0.495 e. The molecule has 1 N–H and O–H groups in total. The van der Waals surface area contributed by atoms with Gasteiger partial charge in [-0.1, -0.05) is 36.3 Å². The number of hydrogen-bond donors (Lipinski definition) is 1. The summed E-state index contributed by atoms with van der Waals surface area (Å²) in [5, 5.41) is 3.53. The average Bonchev–Trinajstić information content (AvgIpc) is 2.83. The predicted octanol–water partition coefficient (Wildman–Crippen LogP) is 3.22. The lowest BCUT2D eigenvalue weighted by Crippen LogP contribution is -2.34. The fourth-order valence-electron chi connectivity index (χ4n) is 3.49. The average molecular weight is 439 g/mol. The first-order valence-electron chi connectivity index (χ1n) is 10.1. The van der Waals surface area contributed by atoms with E-state index in [9.17, 15) is 9.59 Å². The van der Waals surface area contributed by atoms with Gasteiger partial charge in [0.05, 0.1) is 29.4 Å². The normalized spacial score (nSPS) is 10.5. The molecule has 0 aliphatic heterocycles. The maximum atomic E-state index is 13.6. The zero-order chi connectivity index (χ0) is 23.5. The highest BCUT2D eigenvalue weighted by molar-refractivity contribution is 6.01. The van der Waals surface area contributed by atoms with Crippen LogP contribution in [0.2, 0.25) is 0 Å². The van der Waals surface area contributed by atoms with E-state index >= 15 is 0 Å². The monoisotopic (exact) mass is 439 g/mol. The molecule has 4 rings (SSSR count). The Bertz CT molecular complexity index is 1450. The van der Waals surface area contributed by atoms with E-state index in [1.54, 1.807) is 51.5 Å². The summed E-state index contributed by atoms with van der Waals surface area (Å²) in [5.41, 5.74) is 0.983. The topological polar surface area (TPSA) is 89.4 Å². The molecule has 0 saturated carbocycles. The van der Waals surface area contributed by atoms with E-state index in [-0.39, 0.29) is 22.7 Å². The molecule has 2 aromatic heterocycles. The molecule has 8 nitrogen and oxygen atoms in total. The van der Waals surface area contributed by atoms with Crippen molar-refractivity contribution in [3.8, 4) is 23.8 Å². The number of methoxy groups -OCH3 is 1. The van der Waals surface area contributed by atoms with Crippen LogP contribution >= 0.6 is 0 Å². The van der Waals surface area contributed by atoms with E-state index in [1.807, 2.05) is 24.3 Å². The Morgan fingerprint density at radius 3 is 2.48 bits per heavy atom. The summed E-state index contributed by atoms with van der Waals surface area (Å²) in [6, 6.07) is 16.3. The molecule has 0 atom stereocenters. The number of hydrogen-bond acceptors (Lipinski definition) is 6. The van der Waals surface area contributed by atoms with Crippen LogP contribution in [-0.4, -0.2) is 46.5 Å².